The number of sulfonamides is 1. The summed E-state index contributed by atoms with van der Waals surface area (Å²) in [6, 6.07) is 0. The molecule has 0 aromatic carbocycles. The van der Waals surface area contributed by atoms with E-state index >= 15 is 0 Å². The quantitative estimate of drug-likeness (QED) is 0.657. The Morgan fingerprint density at radius 3 is 2.80 bits per heavy atom. The lowest BCUT2D eigenvalue weighted by molar-refractivity contribution is 0.400. The van der Waals surface area contributed by atoms with Gasteiger partial charge in [-0.15, -0.1) is 0 Å². The smallest absolute Gasteiger partial charge is 0.243 e. The average molecular weight is 232 g/mol. The van der Waals surface area contributed by atoms with Crippen LogP contribution in [0.5, 0.6) is 0 Å². The lowest BCUT2D eigenvalue weighted by Crippen LogP contribution is -2.27. The molecule has 15 heavy (non-hydrogen) atoms. The van der Waals surface area contributed by atoms with E-state index in [1.165, 1.54) is 12.4 Å². The molecule has 0 amide bonds. The van der Waals surface area contributed by atoms with Gasteiger partial charge in [0.05, 0.1) is 6.20 Å². The Morgan fingerprint density at radius 1 is 1.53 bits per heavy atom. The monoisotopic (exact) mass is 232 g/mol. The number of H-pyrrole nitrogens is 1. The van der Waals surface area contributed by atoms with Gasteiger partial charge in [0.25, 0.3) is 0 Å². The fourth-order valence-electron chi connectivity index (χ4n) is 1.07. The van der Waals surface area contributed by atoms with Crippen molar-refractivity contribution >= 4 is 10.0 Å². The Balaban J connectivity index is 2.39. The molecule has 7 heteroatoms. The molecule has 6 nitrogen and oxygen atoms in total. The highest BCUT2D eigenvalue weighted by molar-refractivity contribution is 7.89. The van der Waals surface area contributed by atoms with Crippen LogP contribution in [0, 0.1) is 0 Å². The number of hydrogen-bond donors (Lipinski definition) is 2. The van der Waals surface area contributed by atoms with E-state index in [0.717, 1.165) is 13.0 Å². The van der Waals surface area contributed by atoms with Crippen molar-refractivity contribution in [3.8, 4) is 0 Å². The van der Waals surface area contributed by atoms with Gasteiger partial charge in [0.2, 0.25) is 10.0 Å². The fourth-order valence-corrected chi connectivity index (χ4v) is 2.05. The number of aromatic nitrogens is 2. The summed E-state index contributed by atoms with van der Waals surface area (Å²) in [5, 5.41) is 6.06. The summed E-state index contributed by atoms with van der Waals surface area (Å²) in [4.78, 5) is 2.18. The minimum atomic E-state index is -3.38. The Labute approximate surface area is 89.7 Å². The zero-order chi connectivity index (χ0) is 11.3. The highest BCUT2D eigenvalue weighted by Crippen LogP contribution is 2.03. The van der Waals surface area contributed by atoms with Gasteiger partial charge in [-0.05, 0) is 27.1 Å². The largest absolute Gasteiger partial charge is 0.309 e. The Bertz CT molecular complexity index is 371. The van der Waals surface area contributed by atoms with Crippen LogP contribution < -0.4 is 4.72 Å². The molecular weight excluding hydrogens is 216 g/mol. The molecule has 0 saturated carbocycles. The lowest BCUT2D eigenvalue weighted by atomic mass is 10.4. The minimum Gasteiger partial charge on any atom is -0.309 e. The number of hydrogen-bond acceptors (Lipinski definition) is 4. The SMILES string of the molecule is CN(C)CCCNS(=O)(=O)c1cn[nH]c1. The maximum absolute atomic E-state index is 11.6. The van der Waals surface area contributed by atoms with Crippen molar-refractivity contribution in [3.63, 3.8) is 0 Å². The summed E-state index contributed by atoms with van der Waals surface area (Å²) in [6.07, 6.45) is 3.42. The van der Waals surface area contributed by atoms with Crippen LogP contribution in [-0.2, 0) is 10.0 Å². The first kappa shape index (κ1) is 12.2. The van der Waals surface area contributed by atoms with Gasteiger partial charge < -0.3 is 4.90 Å². The number of nitrogens with zero attached hydrogens (tertiary/aromatic N) is 2. The van der Waals surface area contributed by atoms with Gasteiger partial charge >= 0.3 is 0 Å². The summed E-state index contributed by atoms with van der Waals surface area (Å²) in [5.41, 5.74) is 0. The molecule has 0 fully saturated rings. The zero-order valence-electron chi connectivity index (χ0n) is 8.90. The van der Waals surface area contributed by atoms with Gasteiger partial charge in [-0.3, -0.25) is 5.10 Å². The van der Waals surface area contributed by atoms with E-state index in [9.17, 15) is 8.42 Å². The first-order valence-corrected chi connectivity index (χ1v) is 6.14. The third-order valence-electron chi connectivity index (χ3n) is 1.86. The number of aromatic amines is 1. The molecule has 2 N–H and O–H groups in total. The van der Waals surface area contributed by atoms with E-state index in [0.29, 0.717) is 6.54 Å². The first-order valence-electron chi connectivity index (χ1n) is 4.65. The van der Waals surface area contributed by atoms with Crippen molar-refractivity contribution in [2.24, 2.45) is 0 Å². The molecule has 0 unspecified atom stereocenters. The minimum absolute atomic E-state index is 0.173. The van der Waals surface area contributed by atoms with E-state index in [2.05, 4.69) is 14.9 Å². The summed E-state index contributed by atoms with van der Waals surface area (Å²) in [7, 11) is 0.521. The van der Waals surface area contributed by atoms with Gasteiger partial charge in [0, 0.05) is 12.7 Å². The topological polar surface area (TPSA) is 78.1 Å². The van der Waals surface area contributed by atoms with Crippen molar-refractivity contribution in [2.75, 3.05) is 27.2 Å². The van der Waals surface area contributed by atoms with Crippen molar-refractivity contribution in [2.45, 2.75) is 11.3 Å². The fraction of sp³-hybridized carbons (Fsp3) is 0.625. The molecule has 0 saturated heterocycles. The Hall–Kier alpha value is -0.920. The first-order chi connectivity index (χ1) is 7.02. The normalized spacial score (nSPS) is 12.2. The third kappa shape index (κ3) is 3.98. The van der Waals surface area contributed by atoms with Crippen LogP contribution in [0.15, 0.2) is 17.3 Å². The summed E-state index contributed by atoms with van der Waals surface area (Å²) in [5.74, 6) is 0. The summed E-state index contributed by atoms with van der Waals surface area (Å²) in [6.45, 7) is 1.29. The second-order valence-corrected chi connectivity index (χ2v) is 5.26. The van der Waals surface area contributed by atoms with Crippen molar-refractivity contribution in [1.29, 1.82) is 0 Å². The van der Waals surface area contributed by atoms with E-state index in [4.69, 9.17) is 0 Å². The molecule has 0 spiro atoms. The van der Waals surface area contributed by atoms with Crippen LogP contribution in [0.2, 0.25) is 0 Å². The van der Waals surface area contributed by atoms with E-state index in [1.54, 1.807) is 0 Å². The van der Waals surface area contributed by atoms with Crippen molar-refractivity contribution in [1.82, 2.24) is 19.8 Å². The molecule has 0 aliphatic heterocycles. The predicted octanol–water partition coefficient (Wildman–Crippen LogP) is -0.360. The standard InChI is InChI=1S/C8H16N4O2S/c1-12(2)5-3-4-11-15(13,14)8-6-9-10-7-8/h6-7,11H,3-5H2,1-2H3,(H,9,10). The van der Waals surface area contributed by atoms with Crippen LogP contribution in [0.3, 0.4) is 0 Å². The third-order valence-corrected chi connectivity index (χ3v) is 3.29. The second kappa shape index (κ2) is 5.24. The van der Waals surface area contributed by atoms with Crippen LogP contribution in [0.4, 0.5) is 0 Å². The molecule has 0 aliphatic carbocycles. The molecule has 0 radical (unpaired) electrons. The summed E-state index contributed by atoms with van der Waals surface area (Å²) >= 11 is 0. The maximum Gasteiger partial charge on any atom is 0.243 e. The van der Waals surface area contributed by atoms with Crippen molar-refractivity contribution in [3.05, 3.63) is 12.4 Å². The van der Waals surface area contributed by atoms with Crippen LogP contribution in [0.25, 0.3) is 0 Å². The average Bonchev–Trinajstić information content (AvgIpc) is 2.65. The molecule has 1 rings (SSSR count). The second-order valence-electron chi connectivity index (χ2n) is 3.49. The van der Waals surface area contributed by atoms with E-state index in [-0.39, 0.29) is 4.90 Å². The van der Waals surface area contributed by atoms with Gasteiger partial charge in [0.1, 0.15) is 4.90 Å². The molecule has 0 atom stereocenters. The molecule has 86 valence electrons. The lowest BCUT2D eigenvalue weighted by Gasteiger charge is -2.09. The van der Waals surface area contributed by atoms with Crippen LogP contribution in [-0.4, -0.2) is 50.7 Å². The van der Waals surface area contributed by atoms with Gasteiger partial charge in [-0.1, -0.05) is 0 Å². The zero-order valence-corrected chi connectivity index (χ0v) is 9.71. The number of nitrogens with one attached hydrogen (secondary N) is 2. The van der Waals surface area contributed by atoms with Crippen molar-refractivity contribution < 1.29 is 8.42 Å². The molecule has 1 aromatic rings. The van der Waals surface area contributed by atoms with E-state index < -0.39 is 10.0 Å². The van der Waals surface area contributed by atoms with Gasteiger partial charge in [-0.2, -0.15) is 5.10 Å². The maximum atomic E-state index is 11.6. The molecular formula is C8H16N4O2S. The highest BCUT2D eigenvalue weighted by Gasteiger charge is 2.13. The van der Waals surface area contributed by atoms with Gasteiger partial charge in [0.15, 0.2) is 0 Å². The predicted molar refractivity (Wildman–Crippen MR) is 56.9 cm³/mol. The molecule has 1 aromatic heterocycles. The molecule has 0 aliphatic rings. The van der Waals surface area contributed by atoms with E-state index in [1.807, 2.05) is 19.0 Å². The Morgan fingerprint density at radius 2 is 2.27 bits per heavy atom. The molecule has 1 heterocycles. The van der Waals surface area contributed by atoms with Crippen LogP contribution in [0.1, 0.15) is 6.42 Å². The summed E-state index contributed by atoms with van der Waals surface area (Å²) < 4.78 is 25.6. The number of rotatable bonds is 6. The molecule has 0 bridgehead atoms. The highest BCUT2D eigenvalue weighted by atomic mass is 32.2. The van der Waals surface area contributed by atoms with Gasteiger partial charge in [-0.25, -0.2) is 13.1 Å². The Kier molecular flexibility index (Phi) is 4.25. The van der Waals surface area contributed by atoms with Crippen LogP contribution >= 0.6 is 0 Å².